The van der Waals surface area contributed by atoms with Crippen molar-refractivity contribution < 1.29 is 4.74 Å². The highest BCUT2D eigenvalue weighted by molar-refractivity contribution is 7.99. The average molecular weight is 301 g/mol. The lowest BCUT2D eigenvalue weighted by Gasteiger charge is -2.20. The van der Waals surface area contributed by atoms with Crippen molar-refractivity contribution in [3.05, 3.63) is 54.1 Å². The predicted molar refractivity (Wildman–Crippen MR) is 90.2 cm³/mol. The molecule has 0 heterocycles. The first-order chi connectivity index (χ1) is 9.96. The SMILES string of the molecule is COc1cccc(Sc2ccc(CNC(C)(C)C)cc2)c1. The molecule has 3 heteroatoms. The lowest BCUT2D eigenvalue weighted by Crippen LogP contribution is -2.35. The summed E-state index contributed by atoms with van der Waals surface area (Å²) >= 11 is 1.75. The molecule has 112 valence electrons. The number of hydrogen-bond donors (Lipinski definition) is 1. The van der Waals surface area contributed by atoms with Gasteiger partial charge in [-0.3, -0.25) is 0 Å². The molecule has 0 saturated carbocycles. The standard InChI is InChI=1S/C18H23NOS/c1-18(2,3)19-13-14-8-10-16(11-9-14)21-17-7-5-6-15(12-17)20-4/h5-12,19H,13H2,1-4H3. The van der Waals surface area contributed by atoms with Crippen molar-refractivity contribution >= 4 is 11.8 Å². The van der Waals surface area contributed by atoms with E-state index in [2.05, 4.69) is 62.5 Å². The van der Waals surface area contributed by atoms with Crippen molar-refractivity contribution in [3.63, 3.8) is 0 Å². The van der Waals surface area contributed by atoms with Gasteiger partial charge in [0.1, 0.15) is 5.75 Å². The van der Waals surface area contributed by atoms with Gasteiger partial charge in [-0.2, -0.15) is 0 Å². The zero-order chi connectivity index (χ0) is 15.3. The van der Waals surface area contributed by atoms with Crippen LogP contribution in [0.2, 0.25) is 0 Å². The molecule has 0 radical (unpaired) electrons. The van der Waals surface area contributed by atoms with Crippen molar-refractivity contribution in [1.29, 1.82) is 0 Å². The maximum absolute atomic E-state index is 5.25. The third-order valence-corrected chi connectivity index (χ3v) is 4.02. The predicted octanol–water partition coefficient (Wildman–Crippen LogP) is 4.73. The summed E-state index contributed by atoms with van der Waals surface area (Å²) in [6.07, 6.45) is 0. The molecule has 0 unspecified atom stereocenters. The fourth-order valence-corrected chi connectivity index (χ4v) is 2.71. The van der Waals surface area contributed by atoms with Gasteiger partial charge in [-0.05, 0) is 56.7 Å². The summed E-state index contributed by atoms with van der Waals surface area (Å²) in [7, 11) is 1.70. The number of benzene rings is 2. The normalized spacial score (nSPS) is 11.4. The largest absolute Gasteiger partial charge is 0.497 e. The maximum Gasteiger partial charge on any atom is 0.119 e. The van der Waals surface area contributed by atoms with Gasteiger partial charge in [0.05, 0.1) is 7.11 Å². The van der Waals surface area contributed by atoms with Gasteiger partial charge in [-0.25, -0.2) is 0 Å². The van der Waals surface area contributed by atoms with Crippen LogP contribution in [0.15, 0.2) is 58.3 Å². The van der Waals surface area contributed by atoms with Gasteiger partial charge in [0.25, 0.3) is 0 Å². The molecule has 0 atom stereocenters. The minimum atomic E-state index is 0.147. The molecule has 0 aliphatic carbocycles. The van der Waals surface area contributed by atoms with E-state index in [1.54, 1.807) is 18.9 Å². The second-order valence-corrected chi connectivity index (χ2v) is 7.18. The van der Waals surface area contributed by atoms with Gasteiger partial charge in [-0.15, -0.1) is 0 Å². The number of nitrogens with one attached hydrogen (secondary N) is 1. The Kier molecular flexibility index (Phi) is 5.32. The van der Waals surface area contributed by atoms with Crippen LogP contribution in [0.25, 0.3) is 0 Å². The van der Waals surface area contributed by atoms with E-state index >= 15 is 0 Å². The van der Waals surface area contributed by atoms with E-state index in [1.165, 1.54) is 15.4 Å². The van der Waals surface area contributed by atoms with Gasteiger partial charge >= 0.3 is 0 Å². The van der Waals surface area contributed by atoms with Crippen LogP contribution in [-0.2, 0) is 6.54 Å². The summed E-state index contributed by atoms with van der Waals surface area (Å²) in [6.45, 7) is 7.44. The lowest BCUT2D eigenvalue weighted by atomic mass is 10.1. The van der Waals surface area contributed by atoms with Crippen molar-refractivity contribution in [1.82, 2.24) is 5.32 Å². The molecule has 2 aromatic rings. The van der Waals surface area contributed by atoms with Crippen LogP contribution in [0.3, 0.4) is 0 Å². The first-order valence-electron chi connectivity index (χ1n) is 7.12. The first kappa shape index (κ1) is 15.9. The molecule has 0 aliphatic rings. The Labute approximate surface area is 131 Å². The molecule has 0 amide bonds. The van der Waals surface area contributed by atoms with Crippen LogP contribution in [0, 0.1) is 0 Å². The molecule has 21 heavy (non-hydrogen) atoms. The van der Waals surface area contributed by atoms with Gasteiger partial charge in [0, 0.05) is 21.9 Å². The molecule has 0 spiro atoms. The third kappa shape index (κ3) is 5.44. The Balaban J connectivity index is 1.98. The molecule has 0 bridgehead atoms. The average Bonchev–Trinajstić information content (AvgIpc) is 2.46. The summed E-state index contributed by atoms with van der Waals surface area (Å²) in [6, 6.07) is 16.8. The van der Waals surface area contributed by atoms with Crippen LogP contribution in [0.1, 0.15) is 26.3 Å². The molecule has 1 N–H and O–H groups in total. The van der Waals surface area contributed by atoms with Crippen molar-refractivity contribution in [2.75, 3.05) is 7.11 Å². The summed E-state index contributed by atoms with van der Waals surface area (Å²) in [5, 5.41) is 3.50. The second-order valence-electron chi connectivity index (χ2n) is 6.03. The highest BCUT2D eigenvalue weighted by Crippen LogP contribution is 2.30. The van der Waals surface area contributed by atoms with E-state index in [0.717, 1.165) is 12.3 Å². The summed E-state index contributed by atoms with van der Waals surface area (Å²) < 4.78 is 5.25. The summed E-state index contributed by atoms with van der Waals surface area (Å²) in [5.74, 6) is 0.894. The van der Waals surface area contributed by atoms with Gasteiger partial charge in [0.15, 0.2) is 0 Å². The Bertz CT molecular complexity index is 573. The molecule has 0 saturated heterocycles. The van der Waals surface area contributed by atoms with E-state index in [1.807, 2.05) is 12.1 Å². The summed E-state index contributed by atoms with van der Waals surface area (Å²) in [4.78, 5) is 2.43. The number of ether oxygens (including phenoxy) is 1. The van der Waals surface area contributed by atoms with E-state index in [0.29, 0.717) is 0 Å². The van der Waals surface area contributed by atoms with Gasteiger partial charge < -0.3 is 10.1 Å². The minimum Gasteiger partial charge on any atom is -0.497 e. The number of hydrogen-bond acceptors (Lipinski definition) is 3. The zero-order valence-corrected chi connectivity index (χ0v) is 14.0. The quantitative estimate of drug-likeness (QED) is 0.862. The smallest absolute Gasteiger partial charge is 0.119 e. The Morgan fingerprint density at radius 1 is 1.00 bits per heavy atom. The van der Waals surface area contributed by atoms with E-state index in [-0.39, 0.29) is 5.54 Å². The van der Waals surface area contributed by atoms with Crippen LogP contribution in [0.5, 0.6) is 5.75 Å². The van der Waals surface area contributed by atoms with Crippen LogP contribution >= 0.6 is 11.8 Å². The first-order valence-corrected chi connectivity index (χ1v) is 7.94. The molecule has 2 rings (SSSR count). The van der Waals surface area contributed by atoms with Crippen LogP contribution in [-0.4, -0.2) is 12.6 Å². The Morgan fingerprint density at radius 2 is 1.71 bits per heavy atom. The van der Waals surface area contributed by atoms with Gasteiger partial charge in [-0.1, -0.05) is 30.0 Å². The molecular weight excluding hydrogens is 278 g/mol. The highest BCUT2D eigenvalue weighted by atomic mass is 32.2. The Hall–Kier alpha value is -1.45. The zero-order valence-electron chi connectivity index (χ0n) is 13.1. The van der Waals surface area contributed by atoms with Crippen LogP contribution in [0.4, 0.5) is 0 Å². The summed E-state index contributed by atoms with van der Waals surface area (Å²) in [5.41, 5.74) is 1.45. The van der Waals surface area contributed by atoms with Crippen LogP contribution < -0.4 is 10.1 Å². The highest BCUT2D eigenvalue weighted by Gasteiger charge is 2.08. The van der Waals surface area contributed by atoms with E-state index < -0.39 is 0 Å². The number of rotatable bonds is 5. The third-order valence-electron chi connectivity index (χ3n) is 3.02. The fourth-order valence-electron chi connectivity index (χ4n) is 1.84. The topological polar surface area (TPSA) is 21.3 Å². The van der Waals surface area contributed by atoms with E-state index in [9.17, 15) is 0 Å². The fraction of sp³-hybridized carbons (Fsp3) is 0.333. The second kappa shape index (κ2) is 7.01. The number of methoxy groups -OCH3 is 1. The van der Waals surface area contributed by atoms with Crippen molar-refractivity contribution in [2.45, 2.75) is 42.6 Å². The monoisotopic (exact) mass is 301 g/mol. The maximum atomic E-state index is 5.25. The minimum absolute atomic E-state index is 0.147. The molecular formula is C18H23NOS. The lowest BCUT2D eigenvalue weighted by molar-refractivity contribution is 0.413. The van der Waals surface area contributed by atoms with Crippen molar-refractivity contribution in [2.24, 2.45) is 0 Å². The van der Waals surface area contributed by atoms with Crippen molar-refractivity contribution in [3.8, 4) is 5.75 Å². The molecule has 2 nitrogen and oxygen atoms in total. The Morgan fingerprint density at radius 3 is 2.33 bits per heavy atom. The van der Waals surface area contributed by atoms with E-state index in [4.69, 9.17) is 4.74 Å². The molecule has 0 aromatic heterocycles. The van der Waals surface area contributed by atoms with Gasteiger partial charge in [0.2, 0.25) is 0 Å². The molecule has 0 fully saturated rings. The molecule has 0 aliphatic heterocycles. The molecule has 2 aromatic carbocycles.